The number of thiophene rings is 1. The fourth-order valence-corrected chi connectivity index (χ4v) is 4.44. The lowest BCUT2D eigenvalue weighted by Gasteiger charge is -2.10. The van der Waals surface area contributed by atoms with Gasteiger partial charge in [0.05, 0.1) is 21.8 Å². The highest BCUT2D eigenvalue weighted by Gasteiger charge is 2.20. The zero-order valence-electron chi connectivity index (χ0n) is 12.2. The van der Waals surface area contributed by atoms with Crippen molar-refractivity contribution in [2.75, 3.05) is 0 Å². The topological polar surface area (TPSA) is 42.0 Å². The van der Waals surface area contributed by atoms with E-state index in [4.69, 9.17) is 11.6 Å². The van der Waals surface area contributed by atoms with E-state index in [0.717, 1.165) is 27.2 Å². The summed E-state index contributed by atoms with van der Waals surface area (Å²) in [5.41, 5.74) is 0.896. The Labute approximate surface area is 142 Å². The molecule has 1 unspecified atom stereocenters. The van der Waals surface area contributed by atoms with Gasteiger partial charge in [0.15, 0.2) is 0 Å². The molecule has 1 atom stereocenters. The molecule has 2 aromatic heterocycles. The predicted molar refractivity (Wildman–Crippen MR) is 94.2 cm³/mol. The number of halogens is 1. The molecule has 0 aliphatic rings. The fraction of sp³-hybridized carbons (Fsp3) is 0.250. The number of amides is 1. The molecule has 0 bridgehead atoms. The van der Waals surface area contributed by atoms with Gasteiger partial charge in [0.1, 0.15) is 4.88 Å². The number of carbonyl (C=O) groups excluding carboxylic acids is 1. The molecule has 3 rings (SSSR count). The van der Waals surface area contributed by atoms with Gasteiger partial charge >= 0.3 is 0 Å². The van der Waals surface area contributed by atoms with Gasteiger partial charge in [0.25, 0.3) is 5.91 Å². The van der Waals surface area contributed by atoms with Gasteiger partial charge in [-0.3, -0.25) is 4.79 Å². The number of nitrogens with zero attached hydrogens (tertiary/aromatic N) is 1. The molecule has 1 amide bonds. The molecule has 1 N–H and O–H groups in total. The van der Waals surface area contributed by atoms with Crippen molar-refractivity contribution in [3.63, 3.8) is 0 Å². The summed E-state index contributed by atoms with van der Waals surface area (Å²) in [6, 6.07) is 7.64. The molecule has 0 fully saturated rings. The molecular formula is C16H15ClN2OS2. The van der Waals surface area contributed by atoms with E-state index in [1.165, 1.54) is 11.3 Å². The number of thiazole rings is 1. The second-order valence-corrected chi connectivity index (χ2v) is 7.33. The quantitative estimate of drug-likeness (QED) is 0.714. The van der Waals surface area contributed by atoms with Crippen LogP contribution in [0.25, 0.3) is 10.1 Å². The molecule has 114 valence electrons. The Morgan fingerprint density at radius 3 is 2.86 bits per heavy atom. The third kappa shape index (κ3) is 2.89. The summed E-state index contributed by atoms with van der Waals surface area (Å²) in [4.78, 5) is 17.6. The van der Waals surface area contributed by atoms with Crippen LogP contribution in [-0.4, -0.2) is 10.9 Å². The monoisotopic (exact) mass is 350 g/mol. The largest absolute Gasteiger partial charge is 0.343 e. The van der Waals surface area contributed by atoms with E-state index in [1.807, 2.05) is 36.6 Å². The Morgan fingerprint density at radius 1 is 1.41 bits per heavy atom. The number of hydrogen-bond acceptors (Lipinski definition) is 4. The summed E-state index contributed by atoms with van der Waals surface area (Å²) in [6.07, 6.45) is 0.910. The first-order valence-electron chi connectivity index (χ1n) is 7.02. The minimum Gasteiger partial charge on any atom is -0.343 e. The average molecular weight is 351 g/mol. The highest BCUT2D eigenvalue weighted by atomic mass is 35.5. The third-order valence-electron chi connectivity index (χ3n) is 3.40. The molecule has 0 saturated carbocycles. The molecule has 6 heteroatoms. The maximum absolute atomic E-state index is 12.5. The summed E-state index contributed by atoms with van der Waals surface area (Å²) in [7, 11) is 0. The van der Waals surface area contributed by atoms with E-state index >= 15 is 0 Å². The van der Waals surface area contributed by atoms with Crippen LogP contribution in [0.15, 0.2) is 29.6 Å². The highest BCUT2D eigenvalue weighted by molar-refractivity contribution is 7.21. The predicted octanol–water partition coefficient (Wildman–Crippen LogP) is 5.06. The Bertz CT molecular complexity index is 825. The van der Waals surface area contributed by atoms with Crippen molar-refractivity contribution in [3.05, 3.63) is 50.2 Å². The molecule has 1 aromatic carbocycles. The molecule has 0 aliphatic heterocycles. The Hall–Kier alpha value is -1.43. The van der Waals surface area contributed by atoms with Crippen molar-refractivity contribution in [3.8, 4) is 0 Å². The smallest absolute Gasteiger partial charge is 0.263 e. The number of carbonyl (C=O) groups is 1. The lowest BCUT2D eigenvalue weighted by atomic mass is 10.2. The number of fused-ring (bicyclic) bond motifs is 1. The van der Waals surface area contributed by atoms with Gasteiger partial charge in [-0.1, -0.05) is 36.7 Å². The highest BCUT2D eigenvalue weighted by Crippen LogP contribution is 2.35. The van der Waals surface area contributed by atoms with E-state index in [9.17, 15) is 4.79 Å². The van der Waals surface area contributed by atoms with E-state index < -0.39 is 0 Å². The summed E-state index contributed by atoms with van der Waals surface area (Å²) in [6.45, 7) is 4.01. The molecule has 22 heavy (non-hydrogen) atoms. The van der Waals surface area contributed by atoms with Crippen LogP contribution in [0, 0.1) is 0 Å². The number of benzene rings is 1. The fourth-order valence-electron chi connectivity index (χ4n) is 2.18. The van der Waals surface area contributed by atoms with Gasteiger partial charge in [-0.05, 0) is 19.4 Å². The van der Waals surface area contributed by atoms with E-state index in [2.05, 4.69) is 17.2 Å². The van der Waals surface area contributed by atoms with Crippen LogP contribution < -0.4 is 5.32 Å². The minimum absolute atomic E-state index is 0.134. The molecule has 0 saturated heterocycles. The molecule has 0 aliphatic carbocycles. The Kier molecular flexibility index (Phi) is 4.47. The zero-order valence-corrected chi connectivity index (χ0v) is 14.6. The van der Waals surface area contributed by atoms with Crippen LogP contribution in [0.4, 0.5) is 0 Å². The van der Waals surface area contributed by atoms with E-state index in [0.29, 0.717) is 9.90 Å². The summed E-state index contributed by atoms with van der Waals surface area (Å²) in [5.74, 6) is -0.148. The summed E-state index contributed by atoms with van der Waals surface area (Å²) < 4.78 is 1.02. The first-order valence-corrected chi connectivity index (χ1v) is 9.09. The first-order chi connectivity index (χ1) is 10.6. The van der Waals surface area contributed by atoms with Crippen molar-refractivity contribution >= 4 is 50.3 Å². The van der Waals surface area contributed by atoms with Crippen molar-refractivity contribution in [1.29, 1.82) is 0 Å². The van der Waals surface area contributed by atoms with Gasteiger partial charge < -0.3 is 5.32 Å². The average Bonchev–Trinajstić information content (AvgIpc) is 3.12. The second-order valence-electron chi connectivity index (χ2n) is 4.96. The van der Waals surface area contributed by atoms with Crippen molar-refractivity contribution in [1.82, 2.24) is 10.3 Å². The molecule has 2 heterocycles. The molecular weight excluding hydrogens is 336 g/mol. The number of aryl methyl sites for hydroxylation is 1. The summed E-state index contributed by atoms with van der Waals surface area (Å²) in [5, 5.41) is 7.51. The van der Waals surface area contributed by atoms with Gasteiger partial charge in [-0.25, -0.2) is 4.98 Å². The van der Waals surface area contributed by atoms with Gasteiger partial charge in [-0.2, -0.15) is 0 Å². The SMILES string of the molecule is CCc1nc(C(C)NC(=O)c2sc3ccccc3c2Cl)cs1. The molecule has 3 aromatic rings. The normalized spacial score (nSPS) is 12.5. The Balaban J connectivity index is 1.82. The van der Waals surface area contributed by atoms with Crippen molar-refractivity contribution in [2.24, 2.45) is 0 Å². The van der Waals surface area contributed by atoms with Crippen LogP contribution in [-0.2, 0) is 6.42 Å². The van der Waals surface area contributed by atoms with Gasteiger partial charge in [0.2, 0.25) is 0 Å². The maximum Gasteiger partial charge on any atom is 0.263 e. The van der Waals surface area contributed by atoms with Crippen LogP contribution in [0.3, 0.4) is 0 Å². The van der Waals surface area contributed by atoms with Crippen LogP contribution in [0.1, 0.15) is 40.3 Å². The Morgan fingerprint density at radius 2 is 2.18 bits per heavy atom. The standard InChI is InChI=1S/C16H15ClN2OS2/c1-3-13-19-11(8-21-13)9(2)18-16(20)15-14(17)10-6-4-5-7-12(10)22-15/h4-9H,3H2,1-2H3,(H,18,20). The first kappa shape index (κ1) is 15.5. The molecule has 0 spiro atoms. The number of rotatable bonds is 4. The minimum atomic E-state index is -0.148. The van der Waals surface area contributed by atoms with Crippen LogP contribution >= 0.6 is 34.3 Å². The van der Waals surface area contributed by atoms with E-state index in [-0.39, 0.29) is 11.9 Å². The summed E-state index contributed by atoms with van der Waals surface area (Å²) >= 11 is 9.38. The third-order valence-corrected chi connectivity index (χ3v) is 6.09. The lowest BCUT2D eigenvalue weighted by molar-refractivity contribution is 0.0943. The van der Waals surface area contributed by atoms with Crippen molar-refractivity contribution < 1.29 is 4.79 Å². The molecule has 0 radical (unpaired) electrons. The maximum atomic E-state index is 12.5. The van der Waals surface area contributed by atoms with Gasteiger partial charge in [-0.15, -0.1) is 22.7 Å². The molecule has 3 nitrogen and oxygen atoms in total. The van der Waals surface area contributed by atoms with Crippen LogP contribution in [0.2, 0.25) is 5.02 Å². The number of hydrogen-bond donors (Lipinski definition) is 1. The number of nitrogens with one attached hydrogen (secondary N) is 1. The van der Waals surface area contributed by atoms with Crippen LogP contribution in [0.5, 0.6) is 0 Å². The number of aromatic nitrogens is 1. The van der Waals surface area contributed by atoms with Gasteiger partial charge in [0, 0.05) is 15.5 Å². The van der Waals surface area contributed by atoms with E-state index in [1.54, 1.807) is 11.3 Å². The second kappa shape index (κ2) is 6.36. The van der Waals surface area contributed by atoms with Crippen molar-refractivity contribution in [2.45, 2.75) is 26.3 Å². The zero-order chi connectivity index (χ0) is 15.7. The lowest BCUT2D eigenvalue weighted by Crippen LogP contribution is -2.26.